The van der Waals surface area contributed by atoms with E-state index in [-0.39, 0.29) is 0 Å². The van der Waals surface area contributed by atoms with Gasteiger partial charge in [0.1, 0.15) is 11.5 Å². The van der Waals surface area contributed by atoms with Crippen LogP contribution < -0.4 is 9.47 Å². The van der Waals surface area contributed by atoms with E-state index in [0.717, 1.165) is 5.56 Å². The third kappa shape index (κ3) is 6.26. The minimum atomic E-state index is -0.901. The maximum absolute atomic E-state index is 12.4. The van der Waals surface area contributed by atoms with E-state index in [1.165, 1.54) is 6.07 Å². The van der Waals surface area contributed by atoms with Gasteiger partial charge in [-0.05, 0) is 66.6 Å². The summed E-state index contributed by atoms with van der Waals surface area (Å²) in [5, 5.41) is 10.9. The molecule has 0 radical (unpaired) electrons. The largest absolute Gasteiger partial charge is 0.477 e. The van der Waals surface area contributed by atoms with Gasteiger partial charge in [-0.1, -0.05) is 59.1 Å². The summed E-state index contributed by atoms with van der Waals surface area (Å²) in [5.41, 5.74) is 1.89. The molecule has 0 heterocycles. The number of allylic oxidation sites excluding steroid dienone is 1. The summed E-state index contributed by atoms with van der Waals surface area (Å²) in [5.74, 6) is 0.0592. The summed E-state index contributed by atoms with van der Waals surface area (Å²) >= 11 is 17.9. The van der Waals surface area contributed by atoms with E-state index in [1.54, 1.807) is 73.7 Å². The Labute approximate surface area is 195 Å². The molecule has 0 aliphatic carbocycles. The van der Waals surface area contributed by atoms with E-state index in [0.29, 0.717) is 37.7 Å². The van der Waals surface area contributed by atoms with Crippen molar-refractivity contribution >= 4 is 52.4 Å². The third-order valence-electron chi connectivity index (χ3n) is 4.19. The van der Waals surface area contributed by atoms with E-state index in [9.17, 15) is 10.1 Å². The Morgan fingerprint density at radius 2 is 1.71 bits per heavy atom. The number of nitriles is 1. The van der Waals surface area contributed by atoms with Gasteiger partial charge in [0, 0.05) is 10.0 Å². The van der Waals surface area contributed by atoms with Gasteiger partial charge in [-0.25, -0.2) is 4.79 Å². The molecule has 0 spiro atoms. The standard InChI is InChI=1S/C24H16Cl3NO3/c1-15(30-23-10-9-20(26)13-22(23)27)24(29)31-21-4-2-3-16(12-21)11-18(14-28)17-5-7-19(25)8-6-17/h2-13,15H,1H3/b18-11-. The van der Waals surface area contributed by atoms with Crippen LogP contribution in [-0.2, 0) is 4.79 Å². The van der Waals surface area contributed by atoms with Crippen LogP contribution >= 0.6 is 34.8 Å². The predicted octanol–water partition coefficient (Wildman–Crippen LogP) is 7.08. The van der Waals surface area contributed by atoms with E-state index in [2.05, 4.69) is 6.07 Å². The van der Waals surface area contributed by atoms with E-state index < -0.39 is 12.1 Å². The molecule has 7 heteroatoms. The van der Waals surface area contributed by atoms with Crippen molar-refractivity contribution in [2.24, 2.45) is 0 Å². The molecule has 0 saturated carbocycles. The van der Waals surface area contributed by atoms with Crippen molar-refractivity contribution in [1.82, 2.24) is 0 Å². The first-order valence-electron chi connectivity index (χ1n) is 9.17. The number of hydrogen-bond acceptors (Lipinski definition) is 4. The first-order chi connectivity index (χ1) is 14.9. The highest BCUT2D eigenvalue weighted by Crippen LogP contribution is 2.29. The number of carbonyl (C=O) groups excluding carboxylic acids is 1. The number of hydrogen-bond donors (Lipinski definition) is 0. The highest BCUT2D eigenvalue weighted by molar-refractivity contribution is 6.35. The van der Waals surface area contributed by atoms with Gasteiger partial charge in [0.15, 0.2) is 6.10 Å². The van der Waals surface area contributed by atoms with E-state index in [4.69, 9.17) is 44.3 Å². The number of halogens is 3. The topological polar surface area (TPSA) is 59.3 Å². The van der Waals surface area contributed by atoms with Gasteiger partial charge in [-0.3, -0.25) is 0 Å². The van der Waals surface area contributed by atoms with Gasteiger partial charge in [-0.15, -0.1) is 0 Å². The van der Waals surface area contributed by atoms with Crippen molar-refractivity contribution in [3.05, 3.63) is 92.9 Å². The second-order valence-electron chi connectivity index (χ2n) is 6.51. The Kier molecular flexibility index (Phi) is 7.59. The van der Waals surface area contributed by atoms with Gasteiger partial charge in [-0.2, -0.15) is 5.26 Å². The van der Waals surface area contributed by atoms with Crippen LogP contribution in [0.3, 0.4) is 0 Å². The number of carbonyl (C=O) groups is 1. The first kappa shape index (κ1) is 22.7. The zero-order chi connectivity index (χ0) is 22.4. The molecular weight excluding hydrogens is 457 g/mol. The monoisotopic (exact) mass is 471 g/mol. The van der Waals surface area contributed by atoms with Gasteiger partial charge >= 0.3 is 5.97 Å². The molecule has 3 aromatic rings. The fraction of sp³-hybridized carbons (Fsp3) is 0.0833. The second-order valence-corrected chi connectivity index (χ2v) is 7.79. The molecule has 0 N–H and O–H groups in total. The first-order valence-corrected chi connectivity index (χ1v) is 10.3. The van der Waals surface area contributed by atoms with Crippen molar-refractivity contribution in [2.75, 3.05) is 0 Å². The van der Waals surface area contributed by atoms with Crippen molar-refractivity contribution in [3.8, 4) is 17.6 Å². The van der Waals surface area contributed by atoms with Crippen LogP contribution in [0, 0.1) is 11.3 Å². The lowest BCUT2D eigenvalue weighted by molar-refractivity contribution is -0.141. The van der Waals surface area contributed by atoms with Gasteiger partial charge in [0.25, 0.3) is 0 Å². The van der Waals surface area contributed by atoms with Crippen molar-refractivity contribution < 1.29 is 14.3 Å². The lowest BCUT2D eigenvalue weighted by Gasteiger charge is -2.15. The minimum Gasteiger partial charge on any atom is -0.477 e. The molecular formula is C24H16Cl3NO3. The summed E-state index contributed by atoms with van der Waals surface area (Å²) in [6, 6.07) is 20.7. The molecule has 31 heavy (non-hydrogen) atoms. The maximum Gasteiger partial charge on any atom is 0.352 e. The number of rotatable bonds is 6. The Balaban J connectivity index is 1.72. The van der Waals surface area contributed by atoms with Gasteiger partial charge < -0.3 is 9.47 Å². The number of ether oxygens (including phenoxy) is 2. The van der Waals surface area contributed by atoms with Crippen LogP contribution in [-0.4, -0.2) is 12.1 Å². The normalized spacial score (nSPS) is 12.0. The molecule has 0 saturated heterocycles. The lowest BCUT2D eigenvalue weighted by atomic mass is 10.0. The van der Waals surface area contributed by atoms with Crippen molar-refractivity contribution in [3.63, 3.8) is 0 Å². The van der Waals surface area contributed by atoms with Crippen LogP contribution in [0.15, 0.2) is 66.7 Å². The number of esters is 1. The highest BCUT2D eigenvalue weighted by Gasteiger charge is 2.19. The predicted molar refractivity (Wildman–Crippen MR) is 124 cm³/mol. The minimum absolute atomic E-state index is 0.297. The molecule has 1 atom stereocenters. The Morgan fingerprint density at radius 1 is 1.00 bits per heavy atom. The molecule has 0 aliphatic rings. The van der Waals surface area contributed by atoms with Crippen LogP contribution in [0.5, 0.6) is 11.5 Å². The van der Waals surface area contributed by atoms with Crippen molar-refractivity contribution in [2.45, 2.75) is 13.0 Å². The summed E-state index contributed by atoms with van der Waals surface area (Å²) < 4.78 is 11.0. The van der Waals surface area contributed by atoms with Crippen LogP contribution in [0.2, 0.25) is 15.1 Å². The molecule has 1 unspecified atom stereocenters. The zero-order valence-corrected chi connectivity index (χ0v) is 18.6. The highest BCUT2D eigenvalue weighted by atomic mass is 35.5. The zero-order valence-electron chi connectivity index (χ0n) is 16.3. The molecule has 0 bridgehead atoms. The van der Waals surface area contributed by atoms with Gasteiger partial charge in [0.05, 0.1) is 16.7 Å². The van der Waals surface area contributed by atoms with E-state index >= 15 is 0 Å². The average Bonchev–Trinajstić information content (AvgIpc) is 2.75. The van der Waals surface area contributed by atoms with Crippen LogP contribution in [0.25, 0.3) is 11.6 Å². The van der Waals surface area contributed by atoms with Crippen LogP contribution in [0.4, 0.5) is 0 Å². The lowest BCUT2D eigenvalue weighted by Crippen LogP contribution is -2.28. The Hall–Kier alpha value is -2.97. The molecule has 156 valence electrons. The summed E-state index contributed by atoms with van der Waals surface area (Å²) in [6.45, 7) is 1.56. The fourth-order valence-corrected chi connectivity index (χ4v) is 3.23. The Morgan fingerprint density at radius 3 is 2.39 bits per heavy atom. The van der Waals surface area contributed by atoms with Crippen LogP contribution in [0.1, 0.15) is 18.1 Å². The second kappa shape index (κ2) is 10.4. The molecule has 0 fully saturated rings. The summed E-state index contributed by atoms with van der Waals surface area (Å²) in [6.07, 6.45) is 0.801. The quantitative estimate of drug-likeness (QED) is 0.166. The van der Waals surface area contributed by atoms with Crippen molar-refractivity contribution in [1.29, 1.82) is 5.26 Å². The molecule has 4 nitrogen and oxygen atoms in total. The smallest absolute Gasteiger partial charge is 0.352 e. The summed E-state index contributed by atoms with van der Waals surface area (Å²) in [7, 11) is 0. The Bertz CT molecular complexity index is 1170. The fourth-order valence-electron chi connectivity index (χ4n) is 2.65. The third-order valence-corrected chi connectivity index (χ3v) is 4.98. The summed E-state index contributed by atoms with van der Waals surface area (Å²) in [4.78, 5) is 12.4. The average molecular weight is 473 g/mol. The number of benzene rings is 3. The molecule has 3 aromatic carbocycles. The molecule has 0 aromatic heterocycles. The molecule has 0 amide bonds. The SMILES string of the molecule is CC(Oc1ccc(Cl)cc1Cl)C(=O)Oc1cccc(/C=C(/C#N)c2ccc(Cl)cc2)c1. The van der Waals surface area contributed by atoms with Gasteiger partial charge in [0.2, 0.25) is 0 Å². The van der Waals surface area contributed by atoms with E-state index in [1.807, 2.05) is 0 Å². The molecule has 3 rings (SSSR count). The maximum atomic E-state index is 12.4. The molecule has 0 aliphatic heterocycles. The number of nitrogens with zero attached hydrogens (tertiary/aromatic N) is 1.